The molecule has 0 aliphatic heterocycles. The van der Waals surface area contributed by atoms with Gasteiger partial charge in [-0.2, -0.15) is 13.2 Å². The molecule has 1 aliphatic rings. The van der Waals surface area contributed by atoms with Crippen LogP contribution in [0.3, 0.4) is 0 Å². The van der Waals surface area contributed by atoms with Gasteiger partial charge in [-0.15, -0.1) is 10.2 Å². The highest BCUT2D eigenvalue weighted by molar-refractivity contribution is 7.15. The summed E-state index contributed by atoms with van der Waals surface area (Å²) in [5.74, 6) is 0. The van der Waals surface area contributed by atoms with Crippen molar-refractivity contribution < 1.29 is 13.2 Å². The molecule has 1 N–H and O–H groups in total. The smallest absolute Gasteiger partial charge is 0.357 e. The molecular formula is C13H12F3N3S. The van der Waals surface area contributed by atoms with Crippen molar-refractivity contribution in [2.75, 3.05) is 5.32 Å². The highest BCUT2D eigenvalue weighted by Crippen LogP contribution is 2.33. The summed E-state index contributed by atoms with van der Waals surface area (Å²) in [5.41, 5.74) is 2.57. The zero-order valence-electron chi connectivity index (χ0n) is 10.4. The van der Waals surface area contributed by atoms with Gasteiger partial charge in [0, 0.05) is 6.04 Å². The predicted octanol–water partition coefficient (Wildman–Crippen LogP) is 3.53. The van der Waals surface area contributed by atoms with E-state index in [-0.39, 0.29) is 11.2 Å². The molecule has 3 nitrogen and oxygen atoms in total. The van der Waals surface area contributed by atoms with Crippen molar-refractivity contribution in [2.24, 2.45) is 0 Å². The molecule has 1 atom stereocenters. The second-order valence-electron chi connectivity index (χ2n) is 4.76. The van der Waals surface area contributed by atoms with Crippen molar-refractivity contribution >= 4 is 16.5 Å². The summed E-state index contributed by atoms with van der Waals surface area (Å²) in [6.07, 6.45) is -1.80. The van der Waals surface area contributed by atoms with E-state index in [4.69, 9.17) is 0 Å². The van der Waals surface area contributed by atoms with Crippen LogP contribution in [0.5, 0.6) is 0 Å². The molecular weight excluding hydrogens is 287 g/mol. The highest BCUT2D eigenvalue weighted by atomic mass is 32.1. The molecule has 1 unspecified atom stereocenters. The van der Waals surface area contributed by atoms with Gasteiger partial charge in [-0.3, -0.25) is 0 Å². The van der Waals surface area contributed by atoms with Crippen LogP contribution in [-0.2, 0) is 19.0 Å². The van der Waals surface area contributed by atoms with E-state index >= 15 is 0 Å². The normalized spacial score (nSPS) is 18.6. The van der Waals surface area contributed by atoms with Gasteiger partial charge in [-0.25, -0.2) is 0 Å². The van der Waals surface area contributed by atoms with E-state index in [0.717, 1.165) is 19.3 Å². The van der Waals surface area contributed by atoms with Gasteiger partial charge in [0.05, 0.1) is 0 Å². The summed E-state index contributed by atoms with van der Waals surface area (Å²) in [6.45, 7) is 0. The van der Waals surface area contributed by atoms with Gasteiger partial charge in [0.25, 0.3) is 0 Å². The molecule has 2 aromatic rings. The van der Waals surface area contributed by atoms with E-state index in [2.05, 4.69) is 27.6 Å². The van der Waals surface area contributed by atoms with Crippen molar-refractivity contribution in [3.05, 3.63) is 40.4 Å². The Morgan fingerprint density at radius 3 is 2.60 bits per heavy atom. The predicted molar refractivity (Wildman–Crippen MR) is 70.8 cm³/mol. The minimum atomic E-state index is -4.42. The maximum atomic E-state index is 12.5. The second-order valence-corrected chi connectivity index (χ2v) is 5.74. The van der Waals surface area contributed by atoms with Crippen LogP contribution in [0.4, 0.5) is 18.3 Å². The lowest BCUT2D eigenvalue weighted by Gasteiger charge is -2.24. The van der Waals surface area contributed by atoms with E-state index < -0.39 is 11.2 Å². The number of alkyl halides is 3. The molecule has 0 spiro atoms. The standard InChI is InChI=1S/C13H12F3N3S/c14-13(15,16)11-18-19-12(20-11)17-10-6-5-8-3-1-2-4-9(8)7-10/h1-4,10H,5-7H2,(H,17,19). The topological polar surface area (TPSA) is 37.8 Å². The molecule has 0 saturated carbocycles. The van der Waals surface area contributed by atoms with Crippen LogP contribution in [0.25, 0.3) is 0 Å². The summed E-state index contributed by atoms with van der Waals surface area (Å²) < 4.78 is 37.4. The van der Waals surface area contributed by atoms with E-state index in [1.807, 2.05) is 12.1 Å². The number of hydrogen-bond acceptors (Lipinski definition) is 4. The van der Waals surface area contributed by atoms with Crippen LogP contribution < -0.4 is 5.32 Å². The third kappa shape index (κ3) is 2.77. The Kier molecular flexibility index (Phi) is 3.37. The quantitative estimate of drug-likeness (QED) is 0.922. The summed E-state index contributed by atoms with van der Waals surface area (Å²) >= 11 is 0.556. The second kappa shape index (κ2) is 5.05. The number of halogens is 3. The molecule has 7 heteroatoms. The van der Waals surface area contributed by atoms with Gasteiger partial charge in [-0.1, -0.05) is 35.6 Å². The first kappa shape index (κ1) is 13.4. The Morgan fingerprint density at radius 1 is 1.15 bits per heavy atom. The molecule has 1 aromatic carbocycles. The van der Waals surface area contributed by atoms with Crippen molar-refractivity contribution in [1.82, 2.24) is 10.2 Å². The summed E-state index contributed by atoms with van der Waals surface area (Å²) in [4.78, 5) is 0. The van der Waals surface area contributed by atoms with Gasteiger partial charge in [0.1, 0.15) is 0 Å². The molecule has 0 fully saturated rings. The number of nitrogens with zero attached hydrogens (tertiary/aromatic N) is 2. The Bertz CT molecular complexity index is 609. The molecule has 3 rings (SSSR count). The van der Waals surface area contributed by atoms with Crippen molar-refractivity contribution in [1.29, 1.82) is 0 Å². The first-order valence-electron chi connectivity index (χ1n) is 6.26. The Labute approximate surface area is 117 Å². The third-order valence-corrected chi connectivity index (χ3v) is 4.24. The zero-order valence-corrected chi connectivity index (χ0v) is 11.3. The zero-order chi connectivity index (χ0) is 14.2. The van der Waals surface area contributed by atoms with Crippen LogP contribution in [-0.4, -0.2) is 16.2 Å². The molecule has 106 valence electrons. The van der Waals surface area contributed by atoms with E-state index in [9.17, 15) is 13.2 Å². The summed E-state index contributed by atoms with van der Waals surface area (Å²) in [7, 11) is 0. The average Bonchev–Trinajstić information content (AvgIpc) is 2.87. The van der Waals surface area contributed by atoms with Crippen LogP contribution in [0.1, 0.15) is 22.6 Å². The lowest BCUT2D eigenvalue weighted by Crippen LogP contribution is -2.27. The monoisotopic (exact) mass is 299 g/mol. The fourth-order valence-corrected chi connectivity index (χ4v) is 3.08. The van der Waals surface area contributed by atoms with Crippen LogP contribution in [0, 0.1) is 0 Å². The average molecular weight is 299 g/mol. The Balaban J connectivity index is 1.69. The fourth-order valence-electron chi connectivity index (χ4n) is 2.39. The lowest BCUT2D eigenvalue weighted by molar-refractivity contribution is -0.138. The molecule has 0 bridgehead atoms. The Hall–Kier alpha value is -1.63. The number of benzene rings is 1. The van der Waals surface area contributed by atoms with Crippen molar-refractivity contribution in [2.45, 2.75) is 31.5 Å². The van der Waals surface area contributed by atoms with Crippen molar-refractivity contribution in [3.8, 4) is 0 Å². The first-order valence-corrected chi connectivity index (χ1v) is 7.08. The van der Waals surface area contributed by atoms with Crippen LogP contribution >= 0.6 is 11.3 Å². The number of nitrogens with one attached hydrogen (secondary N) is 1. The van der Waals surface area contributed by atoms with Crippen LogP contribution in [0.15, 0.2) is 24.3 Å². The maximum absolute atomic E-state index is 12.5. The molecule has 20 heavy (non-hydrogen) atoms. The number of rotatable bonds is 2. The number of aromatic nitrogens is 2. The molecule has 0 radical (unpaired) electrons. The van der Waals surface area contributed by atoms with E-state index in [1.54, 1.807) is 0 Å². The molecule has 1 heterocycles. The van der Waals surface area contributed by atoms with Gasteiger partial charge < -0.3 is 5.32 Å². The highest BCUT2D eigenvalue weighted by Gasteiger charge is 2.35. The number of anilines is 1. The molecule has 1 aromatic heterocycles. The molecule has 0 saturated heterocycles. The Morgan fingerprint density at radius 2 is 1.90 bits per heavy atom. The largest absolute Gasteiger partial charge is 0.445 e. The van der Waals surface area contributed by atoms with E-state index in [0.29, 0.717) is 11.3 Å². The molecule has 1 aliphatic carbocycles. The van der Waals surface area contributed by atoms with Gasteiger partial charge in [0.2, 0.25) is 10.1 Å². The lowest BCUT2D eigenvalue weighted by atomic mass is 9.88. The summed E-state index contributed by atoms with van der Waals surface area (Å²) in [5, 5.41) is 9.14. The fraction of sp³-hybridized carbons (Fsp3) is 0.385. The maximum Gasteiger partial charge on any atom is 0.445 e. The van der Waals surface area contributed by atoms with Crippen LogP contribution in [0.2, 0.25) is 0 Å². The SMILES string of the molecule is FC(F)(F)c1nnc(NC2CCc3ccccc3C2)s1. The summed E-state index contributed by atoms with van der Waals surface area (Å²) in [6, 6.07) is 8.25. The van der Waals surface area contributed by atoms with Gasteiger partial charge in [-0.05, 0) is 30.4 Å². The van der Waals surface area contributed by atoms with Gasteiger partial charge >= 0.3 is 6.18 Å². The third-order valence-electron chi connectivity index (χ3n) is 3.34. The first-order chi connectivity index (χ1) is 9.52. The number of fused-ring (bicyclic) bond motifs is 1. The molecule has 0 amide bonds. The van der Waals surface area contributed by atoms with Gasteiger partial charge in [0.15, 0.2) is 0 Å². The minimum Gasteiger partial charge on any atom is -0.357 e. The minimum absolute atomic E-state index is 0.110. The van der Waals surface area contributed by atoms with Crippen molar-refractivity contribution in [3.63, 3.8) is 0 Å². The number of aryl methyl sites for hydroxylation is 1. The number of hydrogen-bond donors (Lipinski definition) is 1. The van der Waals surface area contributed by atoms with E-state index in [1.165, 1.54) is 11.1 Å².